The molecule has 0 atom stereocenters. The van der Waals surface area contributed by atoms with Gasteiger partial charge in [-0.2, -0.15) is 0 Å². The molecule has 0 spiro atoms. The maximum absolute atomic E-state index is 14.0. The van der Waals surface area contributed by atoms with Crippen molar-refractivity contribution in [1.29, 1.82) is 0 Å². The first-order valence-electron chi connectivity index (χ1n) is 6.25. The molecule has 0 bridgehead atoms. The van der Waals surface area contributed by atoms with Crippen molar-refractivity contribution >= 4 is 17.2 Å². The topological polar surface area (TPSA) is 48.1 Å². The molecule has 2 rings (SSSR count). The van der Waals surface area contributed by atoms with Gasteiger partial charge in [-0.25, -0.2) is 4.39 Å². The van der Waals surface area contributed by atoms with Gasteiger partial charge in [-0.15, -0.1) is 0 Å². The van der Waals surface area contributed by atoms with E-state index in [4.69, 9.17) is 22.7 Å². The van der Waals surface area contributed by atoms with Gasteiger partial charge in [0.25, 0.3) is 0 Å². The van der Waals surface area contributed by atoms with Gasteiger partial charge in [-0.05, 0) is 43.7 Å². The number of benzene rings is 1. The van der Waals surface area contributed by atoms with Crippen LogP contribution >= 0.6 is 12.2 Å². The van der Waals surface area contributed by atoms with Crippen LogP contribution < -0.4 is 10.5 Å². The van der Waals surface area contributed by atoms with E-state index in [1.807, 2.05) is 19.9 Å². The first kappa shape index (κ1) is 14.4. The summed E-state index contributed by atoms with van der Waals surface area (Å²) in [6.45, 7) is 3.88. The monoisotopic (exact) mass is 290 g/mol. The minimum atomic E-state index is -0.502. The molecule has 0 unspecified atom stereocenters. The smallest absolute Gasteiger partial charge is 0.166 e. The third kappa shape index (κ3) is 3.11. The van der Waals surface area contributed by atoms with Gasteiger partial charge in [0, 0.05) is 11.3 Å². The lowest BCUT2D eigenvalue weighted by Gasteiger charge is -2.11. The van der Waals surface area contributed by atoms with Crippen molar-refractivity contribution in [3.05, 3.63) is 53.1 Å². The maximum atomic E-state index is 14.0. The molecule has 104 valence electrons. The Hall–Kier alpha value is -2.01. The van der Waals surface area contributed by atoms with Crippen LogP contribution in [0.4, 0.5) is 4.39 Å². The summed E-state index contributed by atoms with van der Waals surface area (Å²) in [5.74, 6) is 0.184. The van der Waals surface area contributed by atoms with Crippen LogP contribution in [0.5, 0.6) is 11.5 Å². The zero-order valence-corrected chi connectivity index (χ0v) is 12.1. The van der Waals surface area contributed by atoms with Gasteiger partial charge in [0.1, 0.15) is 10.7 Å². The lowest BCUT2D eigenvalue weighted by atomic mass is 10.2. The average molecular weight is 290 g/mol. The molecule has 2 aromatic rings. The number of hydrogen-bond acceptors (Lipinski definition) is 3. The molecule has 5 heteroatoms. The minimum absolute atomic E-state index is 0.130. The second-order valence-corrected chi connectivity index (χ2v) is 4.80. The highest BCUT2D eigenvalue weighted by Gasteiger charge is 2.10. The molecule has 0 amide bonds. The van der Waals surface area contributed by atoms with Gasteiger partial charge in [0.15, 0.2) is 11.6 Å². The number of aryl methyl sites for hydroxylation is 2. The Morgan fingerprint density at radius 2 is 2.00 bits per heavy atom. The highest BCUT2D eigenvalue weighted by molar-refractivity contribution is 7.80. The molecule has 2 N–H and O–H groups in total. The van der Waals surface area contributed by atoms with Crippen LogP contribution in [-0.2, 0) is 6.42 Å². The summed E-state index contributed by atoms with van der Waals surface area (Å²) >= 11 is 4.81. The van der Waals surface area contributed by atoms with Crippen molar-refractivity contribution in [2.24, 2.45) is 5.73 Å². The van der Waals surface area contributed by atoms with Crippen LogP contribution in [0.2, 0.25) is 0 Å². The number of thiocarbonyl (C=S) groups is 1. The average Bonchev–Trinajstić information content (AvgIpc) is 2.42. The second-order valence-electron chi connectivity index (χ2n) is 4.36. The highest BCUT2D eigenvalue weighted by atomic mass is 32.1. The fourth-order valence-electron chi connectivity index (χ4n) is 1.80. The van der Waals surface area contributed by atoms with Crippen molar-refractivity contribution in [1.82, 2.24) is 4.98 Å². The van der Waals surface area contributed by atoms with Crippen LogP contribution in [0.1, 0.15) is 23.9 Å². The predicted octanol–water partition coefficient (Wildman–Crippen LogP) is 3.52. The van der Waals surface area contributed by atoms with E-state index < -0.39 is 5.82 Å². The number of halogens is 1. The lowest BCUT2D eigenvalue weighted by Crippen LogP contribution is -2.09. The number of hydrogen-bond donors (Lipinski definition) is 1. The Balaban J connectivity index is 2.33. The Morgan fingerprint density at radius 3 is 2.60 bits per heavy atom. The third-order valence-corrected chi connectivity index (χ3v) is 3.08. The molecule has 20 heavy (non-hydrogen) atoms. The zero-order valence-electron chi connectivity index (χ0n) is 11.3. The van der Waals surface area contributed by atoms with Crippen molar-refractivity contribution < 1.29 is 9.13 Å². The van der Waals surface area contributed by atoms with Crippen molar-refractivity contribution in [3.63, 3.8) is 0 Å². The van der Waals surface area contributed by atoms with Crippen molar-refractivity contribution in [3.8, 4) is 11.5 Å². The molecule has 0 aliphatic rings. The van der Waals surface area contributed by atoms with Gasteiger partial charge >= 0.3 is 0 Å². The van der Waals surface area contributed by atoms with Crippen LogP contribution in [0.25, 0.3) is 0 Å². The molecule has 1 aromatic carbocycles. The van der Waals surface area contributed by atoms with E-state index in [-0.39, 0.29) is 10.7 Å². The molecule has 0 radical (unpaired) electrons. The van der Waals surface area contributed by atoms with Gasteiger partial charge in [-0.1, -0.05) is 19.1 Å². The van der Waals surface area contributed by atoms with E-state index in [9.17, 15) is 4.39 Å². The van der Waals surface area contributed by atoms with E-state index in [2.05, 4.69) is 4.98 Å². The summed E-state index contributed by atoms with van der Waals surface area (Å²) in [6, 6.07) is 8.04. The number of ether oxygens (including phenoxy) is 1. The highest BCUT2D eigenvalue weighted by Crippen LogP contribution is 2.27. The standard InChI is InChI=1S/C15H15FN2OS/c1-3-12-14(6-4-9(2)18-12)19-13-7-5-10(15(17)20)8-11(13)16/h4-8H,3H2,1-2H3,(H2,17,20). The predicted molar refractivity (Wildman–Crippen MR) is 80.7 cm³/mol. The number of pyridine rings is 1. The second kappa shape index (κ2) is 5.96. The quantitative estimate of drug-likeness (QED) is 0.875. The molecule has 0 aliphatic heterocycles. The maximum Gasteiger partial charge on any atom is 0.166 e. The molecule has 1 heterocycles. The summed E-state index contributed by atoms with van der Waals surface area (Å²) in [5.41, 5.74) is 7.63. The lowest BCUT2D eigenvalue weighted by molar-refractivity contribution is 0.435. The molecular weight excluding hydrogens is 275 g/mol. The first-order valence-corrected chi connectivity index (χ1v) is 6.65. The van der Waals surface area contributed by atoms with E-state index >= 15 is 0 Å². The van der Waals surface area contributed by atoms with E-state index in [0.29, 0.717) is 17.7 Å². The minimum Gasteiger partial charge on any atom is -0.452 e. The molecule has 0 fully saturated rings. The Morgan fingerprint density at radius 1 is 1.30 bits per heavy atom. The summed E-state index contributed by atoms with van der Waals surface area (Å²) in [4.78, 5) is 4.53. The molecule has 0 saturated heterocycles. The molecular formula is C15H15FN2OS. The molecule has 1 aromatic heterocycles. The largest absolute Gasteiger partial charge is 0.452 e. The van der Waals surface area contributed by atoms with Gasteiger partial charge in [-0.3, -0.25) is 4.98 Å². The zero-order chi connectivity index (χ0) is 14.7. The van der Waals surface area contributed by atoms with Crippen LogP contribution in [0.3, 0.4) is 0 Å². The summed E-state index contributed by atoms with van der Waals surface area (Å²) in [7, 11) is 0. The third-order valence-electron chi connectivity index (χ3n) is 2.84. The number of aromatic nitrogens is 1. The van der Waals surface area contributed by atoms with E-state index in [0.717, 1.165) is 11.4 Å². The van der Waals surface area contributed by atoms with Crippen LogP contribution in [-0.4, -0.2) is 9.97 Å². The van der Waals surface area contributed by atoms with Crippen LogP contribution in [0, 0.1) is 12.7 Å². The summed E-state index contributed by atoms with van der Waals surface area (Å²) in [5, 5.41) is 0. The number of nitrogens with zero attached hydrogens (tertiary/aromatic N) is 1. The molecule has 0 aliphatic carbocycles. The normalized spacial score (nSPS) is 10.3. The SMILES string of the molecule is CCc1nc(C)ccc1Oc1ccc(C(N)=S)cc1F. The fraction of sp³-hybridized carbons (Fsp3) is 0.200. The van der Waals surface area contributed by atoms with Crippen LogP contribution in [0.15, 0.2) is 30.3 Å². The van der Waals surface area contributed by atoms with Crippen molar-refractivity contribution in [2.75, 3.05) is 0 Å². The van der Waals surface area contributed by atoms with Crippen molar-refractivity contribution in [2.45, 2.75) is 20.3 Å². The van der Waals surface area contributed by atoms with E-state index in [1.165, 1.54) is 12.1 Å². The Labute approximate surface area is 122 Å². The first-order chi connectivity index (χ1) is 9.51. The number of nitrogens with two attached hydrogens (primary N) is 1. The Kier molecular flexibility index (Phi) is 4.29. The summed E-state index contributed by atoms with van der Waals surface area (Å²) in [6.07, 6.45) is 0.712. The van der Waals surface area contributed by atoms with Gasteiger partial charge in [0.2, 0.25) is 0 Å². The van der Waals surface area contributed by atoms with Gasteiger partial charge in [0.05, 0.1) is 5.69 Å². The summed E-state index contributed by atoms with van der Waals surface area (Å²) < 4.78 is 19.5. The van der Waals surface area contributed by atoms with Gasteiger partial charge < -0.3 is 10.5 Å². The molecule has 3 nitrogen and oxygen atoms in total. The molecule has 0 saturated carbocycles. The van der Waals surface area contributed by atoms with E-state index in [1.54, 1.807) is 12.1 Å². The number of rotatable bonds is 4. The fourth-order valence-corrected chi connectivity index (χ4v) is 1.93. The Bertz CT molecular complexity index is 658.